The Bertz CT molecular complexity index is 515. The molecule has 1 saturated carbocycles. The quantitative estimate of drug-likeness (QED) is 0.815. The van der Waals surface area contributed by atoms with E-state index in [-0.39, 0.29) is 6.10 Å². The van der Waals surface area contributed by atoms with Crippen molar-refractivity contribution in [2.45, 2.75) is 70.8 Å². The number of carbonyl (C=O) groups excluding carboxylic acids is 1. The van der Waals surface area contributed by atoms with Crippen LogP contribution in [0.1, 0.15) is 63.5 Å². The summed E-state index contributed by atoms with van der Waals surface area (Å²) in [6.45, 7) is 3.63. The van der Waals surface area contributed by atoms with Crippen LogP contribution in [0.4, 0.5) is 0 Å². The fraction of sp³-hybridized carbons (Fsp3) is 0.700. The van der Waals surface area contributed by atoms with Crippen molar-refractivity contribution in [3.05, 3.63) is 24.0 Å². The molecular weight excluding hydrogens is 300 g/mol. The molecule has 2 aliphatic rings. The van der Waals surface area contributed by atoms with Crippen LogP contribution in [0.15, 0.2) is 18.3 Å². The molecule has 0 atom stereocenters. The second-order valence-electron chi connectivity index (χ2n) is 7.38. The van der Waals surface area contributed by atoms with Gasteiger partial charge in [0.05, 0.1) is 6.20 Å². The molecule has 1 aromatic heterocycles. The van der Waals surface area contributed by atoms with Crippen LogP contribution in [-0.2, 0) is 4.79 Å². The molecule has 1 aliphatic heterocycles. The number of piperidine rings is 1. The highest BCUT2D eigenvalue weighted by molar-refractivity contribution is 5.76. The van der Waals surface area contributed by atoms with Gasteiger partial charge in [-0.1, -0.05) is 32.1 Å². The number of likely N-dealkylation sites (tertiary alicyclic amines) is 1. The van der Waals surface area contributed by atoms with Gasteiger partial charge < -0.3 is 9.64 Å². The lowest BCUT2D eigenvalue weighted by molar-refractivity contribution is -0.133. The first-order valence-electron chi connectivity index (χ1n) is 9.58. The Kier molecular flexibility index (Phi) is 6.11. The maximum absolute atomic E-state index is 12.4. The van der Waals surface area contributed by atoms with Gasteiger partial charge in [-0.2, -0.15) is 0 Å². The zero-order valence-electron chi connectivity index (χ0n) is 14.9. The first kappa shape index (κ1) is 17.2. The van der Waals surface area contributed by atoms with Crippen LogP contribution in [0.2, 0.25) is 0 Å². The number of ether oxygens (including phenoxy) is 1. The van der Waals surface area contributed by atoms with E-state index in [1.165, 1.54) is 32.1 Å². The van der Waals surface area contributed by atoms with Crippen molar-refractivity contribution in [1.82, 2.24) is 9.88 Å². The maximum Gasteiger partial charge on any atom is 0.222 e. The van der Waals surface area contributed by atoms with E-state index in [9.17, 15) is 4.79 Å². The Morgan fingerprint density at radius 2 is 1.92 bits per heavy atom. The third-order valence-electron chi connectivity index (χ3n) is 5.47. The smallest absolute Gasteiger partial charge is 0.222 e. The average Bonchev–Trinajstić information content (AvgIpc) is 2.63. The summed E-state index contributed by atoms with van der Waals surface area (Å²) in [5, 5.41) is 0. The number of pyridine rings is 1. The van der Waals surface area contributed by atoms with E-state index in [1.54, 1.807) is 6.20 Å². The Morgan fingerprint density at radius 3 is 2.58 bits per heavy atom. The number of nitrogens with zero attached hydrogens (tertiary/aromatic N) is 2. The van der Waals surface area contributed by atoms with Gasteiger partial charge in [-0.05, 0) is 31.4 Å². The molecule has 3 rings (SSSR count). The van der Waals surface area contributed by atoms with Crippen molar-refractivity contribution in [3.8, 4) is 5.75 Å². The number of aromatic nitrogens is 1. The average molecular weight is 330 g/mol. The van der Waals surface area contributed by atoms with Crippen molar-refractivity contribution in [2.75, 3.05) is 13.1 Å². The highest BCUT2D eigenvalue weighted by Crippen LogP contribution is 2.28. The normalized spacial score (nSPS) is 20.1. The number of hydrogen-bond donors (Lipinski definition) is 0. The molecule has 132 valence electrons. The molecule has 1 saturated heterocycles. The number of aryl methyl sites for hydroxylation is 1. The molecule has 0 bridgehead atoms. The van der Waals surface area contributed by atoms with Crippen molar-refractivity contribution in [3.63, 3.8) is 0 Å². The van der Waals surface area contributed by atoms with E-state index in [0.717, 1.165) is 56.1 Å². The molecule has 0 N–H and O–H groups in total. The van der Waals surface area contributed by atoms with Gasteiger partial charge in [0.1, 0.15) is 11.9 Å². The summed E-state index contributed by atoms with van der Waals surface area (Å²) >= 11 is 0. The molecule has 0 unspecified atom stereocenters. The number of rotatable bonds is 5. The Hall–Kier alpha value is -1.58. The maximum atomic E-state index is 12.4. The first-order valence-corrected chi connectivity index (χ1v) is 9.58. The monoisotopic (exact) mass is 330 g/mol. The molecular formula is C20H30N2O2. The molecule has 1 amide bonds. The number of hydrogen-bond acceptors (Lipinski definition) is 3. The summed E-state index contributed by atoms with van der Waals surface area (Å²) in [7, 11) is 0. The predicted octanol–water partition coefficient (Wildman–Crippen LogP) is 4.12. The third-order valence-corrected chi connectivity index (χ3v) is 5.47. The van der Waals surface area contributed by atoms with E-state index in [1.807, 2.05) is 24.0 Å². The van der Waals surface area contributed by atoms with Crippen LogP contribution in [-0.4, -0.2) is 35.0 Å². The van der Waals surface area contributed by atoms with E-state index < -0.39 is 0 Å². The first-order chi connectivity index (χ1) is 11.7. The van der Waals surface area contributed by atoms with E-state index in [2.05, 4.69) is 4.98 Å². The van der Waals surface area contributed by atoms with Crippen molar-refractivity contribution in [2.24, 2.45) is 5.92 Å². The Balaban J connectivity index is 1.37. The molecule has 0 spiro atoms. The zero-order chi connectivity index (χ0) is 16.8. The largest absolute Gasteiger partial charge is 0.489 e. The highest BCUT2D eigenvalue weighted by Gasteiger charge is 2.24. The van der Waals surface area contributed by atoms with E-state index in [4.69, 9.17) is 4.74 Å². The fourth-order valence-corrected chi connectivity index (χ4v) is 3.90. The molecule has 1 aliphatic carbocycles. The van der Waals surface area contributed by atoms with Gasteiger partial charge >= 0.3 is 0 Å². The summed E-state index contributed by atoms with van der Waals surface area (Å²) < 4.78 is 5.99. The highest BCUT2D eigenvalue weighted by atomic mass is 16.5. The van der Waals surface area contributed by atoms with Gasteiger partial charge in [0.2, 0.25) is 5.91 Å². The van der Waals surface area contributed by atoms with Gasteiger partial charge in [-0.15, -0.1) is 0 Å². The Morgan fingerprint density at radius 1 is 1.17 bits per heavy atom. The van der Waals surface area contributed by atoms with Gasteiger partial charge in [0.25, 0.3) is 0 Å². The number of carbonyl (C=O) groups is 1. The van der Waals surface area contributed by atoms with Crippen LogP contribution < -0.4 is 4.74 Å². The SMILES string of the molecule is Cc1ccc(OC2CCN(C(=O)CCC3CCCCC3)CC2)cn1. The second-order valence-corrected chi connectivity index (χ2v) is 7.38. The molecule has 2 heterocycles. The van der Waals surface area contributed by atoms with Crippen LogP contribution in [0, 0.1) is 12.8 Å². The van der Waals surface area contributed by atoms with E-state index >= 15 is 0 Å². The summed E-state index contributed by atoms with van der Waals surface area (Å²) in [4.78, 5) is 18.7. The predicted molar refractivity (Wildman–Crippen MR) is 95.0 cm³/mol. The summed E-state index contributed by atoms with van der Waals surface area (Å²) in [6.07, 6.45) is 12.4. The fourth-order valence-electron chi connectivity index (χ4n) is 3.90. The second kappa shape index (κ2) is 8.50. The zero-order valence-corrected chi connectivity index (χ0v) is 14.9. The molecule has 4 heteroatoms. The van der Waals surface area contributed by atoms with Gasteiger partial charge in [-0.25, -0.2) is 0 Å². The van der Waals surface area contributed by atoms with Crippen molar-refractivity contribution >= 4 is 5.91 Å². The summed E-state index contributed by atoms with van der Waals surface area (Å²) in [5.41, 5.74) is 1.00. The van der Waals surface area contributed by atoms with Gasteiger partial charge in [0.15, 0.2) is 0 Å². The van der Waals surface area contributed by atoms with Crippen molar-refractivity contribution in [1.29, 1.82) is 0 Å². The van der Waals surface area contributed by atoms with Crippen LogP contribution >= 0.6 is 0 Å². The molecule has 0 aromatic carbocycles. The van der Waals surface area contributed by atoms with Gasteiger partial charge in [-0.3, -0.25) is 9.78 Å². The topological polar surface area (TPSA) is 42.4 Å². The minimum absolute atomic E-state index is 0.205. The molecule has 2 fully saturated rings. The van der Waals surface area contributed by atoms with Crippen LogP contribution in [0.5, 0.6) is 5.75 Å². The molecule has 1 aromatic rings. The molecule has 0 radical (unpaired) electrons. The summed E-state index contributed by atoms with van der Waals surface area (Å²) in [5.74, 6) is 1.97. The lowest BCUT2D eigenvalue weighted by Gasteiger charge is -2.32. The van der Waals surface area contributed by atoms with Crippen LogP contribution in [0.25, 0.3) is 0 Å². The van der Waals surface area contributed by atoms with Gasteiger partial charge in [0, 0.05) is 38.0 Å². The lowest BCUT2D eigenvalue weighted by Crippen LogP contribution is -2.41. The van der Waals surface area contributed by atoms with Crippen LogP contribution in [0.3, 0.4) is 0 Å². The molecule has 24 heavy (non-hydrogen) atoms. The molecule has 4 nitrogen and oxygen atoms in total. The standard InChI is InChI=1S/C20H30N2O2/c1-16-7-9-19(15-21-16)24-18-11-13-22(14-12-18)20(23)10-8-17-5-3-2-4-6-17/h7,9,15,17-18H,2-6,8,10-14H2,1H3. The summed E-state index contributed by atoms with van der Waals surface area (Å²) in [6, 6.07) is 3.95. The third kappa shape index (κ3) is 4.96. The van der Waals surface area contributed by atoms with Crippen molar-refractivity contribution < 1.29 is 9.53 Å². The minimum atomic E-state index is 0.205. The number of amides is 1. The van der Waals surface area contributed by atoms with E-state index in [0.29, 0.717) is 5.91 Å². The lowest BCUT2D eigenvalue weighted by atomic mass is 9.86. The minimum Gasteiger partial charge on any atom is -0.489 e. The Labute approximate surface area is 145 Å².